The van der Waals surface area contributed by atoms with Crippen molar-refractivity contribution in [2.24, 2.45) is 0 Å². The Labute approximate surface area is 144 Å². The summed E-state index contributed by atoms with van der Waals surface area (Å²) >= 11 is 1.19. The second-order valence-corrected chi connectivity index (χ2v) is 5.82. The number of aromatic nitrogens is 1. The van der Waals surface area contributed by atoms with Crippen LogP contribution in [0.3, 0.4) is 0 Å². The fourth-order valence-corrected chi connectivity index (χ4v) is 3.00. The lowest BCUT2D eigenvalue weighted by molar-refractivity contribution is -0.274. The summed E-state index contributed by atoms with van der Waals surface area (Å²) in [6.45, 7) is 3.69. The van der Waals surface area contributed by atoms with E-state index in [0.717, 1.165) is 22.4 Å². The zero-order chi connectivity index (χ0) is 18.0. The molecule has 0 fully saturated rings. The van der Waals surface area contributed by atoms with Crippen molar-refractivity contribution >= 4 is 39.3 Å². The molecule has 0 aliphatic heterocycles. The summed E-state index contributed by atoms with van der Waals surface area (Å²) in [5, 5.41) is 3.30. The first-order valence-electron chi connectivity index (χ1n) is 7.05. The maximum Gasteiger partial charge on any atom is 0.573 e. The monoisotopic (exact) mass is 364 g/mol. The summed E-state index contributed by atoms with van der Waals surface area (Å²) in [7, 11) is 0. The third-order valence-corrected chi connectivity index (χ3v) is 4.10. The first kappa shape index (κ1) is 17.0. The third kappa shape index (κ3) is 3.97. The Bertz CT molecular complexity index is 933. The van der Waals surface area contributed by atoms with Gasteiger partial charge in [0.2, 0.25) is 0 Å². The highest BCUT2D eigenvalue weighted by Gasteiger charge is 2.31. The Morgan fingerprint density at radius 1 is 1.20 bits per heavy atom. The first-order valence-corrected chi connectivity index (χ1v) is 7.82. The lowest BCUT2D eigenvalue weighted by Gasteiger charge is -2.09. The second-order valence-electron chi connectivity index (χ2n) is 5.02. The van der Waals surface area contributed by atoms with Crippen molar-refractivity contribution in [1.82, 2.24) is 4.37 Å². The third-order valence-electron chi connectivity index (χ3n) is 3.29. The quantitative estimate of drug-likeness (QED) is 0.701. The van der Waals surface area contributed by atoms with Crippen LogP contribution in [0.1, 0.15) is 16.1 Å². The lowest BCUT2D eigenvalue weighted by atomic mass is 10.1. The zero-order valence-corrected chi connectivity index (χ0v) is 13.4. The van der Waals surface area contributed by atoms with Crippen LogP contribution in [0.2, 0.25) is 0 Å². The smallest absolute Gasteiger partial charge is 0.406 e. The highest BCUT2D eigenvalue weighted by molar-refractivity contribution is 7.13. The molecule has 3 rings (SSSR count). The van der Waals surface area contributed by atoms with E-state index in [1.54, 1.807) is 12.1 Å². The zero-order valence-electron chi connectivity index (χ0n) is 12.6. The number of benzene rings is 2. The van der Waals surface area contributed by atoms with E-state index in [0.29, 0.717) is 11.1 Å². The largest absolute Gasteiger partial charge is 0.573 e. The van der Waals surface area contributed by atoms with Gasteiger partial charge in [-0.25, -0.2) is 0 Å². The van der Waals surface area contributed by atoms with Crippen LogP contribution < -0.4 is 10.1 Å². The van der Waals surface area contributed by atoms with E-state index >= 15 is 0 Å². The van der Waals surface area contributed by atoms with Crippen molar-refractivity contribution in [1.29, 1.82) is 0 Å². The minimum absolute atomic E-state index is 0.256. The molecule has 3 aromatic rings. The number of hydrogen-bond donors (Lipinski definition) is 1. The Hall–Kier alpha value is -2.87. The summed E-state index contributed by atoms with van der Waals surface area (Å²) in [6.07, 6.45) is -3.06. The molecule has 0 aliphatic rings. The topological polar surface area (TPSA) is 51.2 Å². The van der Waals surface area contributed by atoms with Gasteiger partial charge in [0.15, 0.2) is 0 Å². The summed E-state index contributed by atoms with van der Waals surface area (Å²) in [5.41, 5.74) is 1.51. The summed E-state index contributed by atoms with van der Waals surface area (Å²) in [4.78, 5) is 12.4. The van der Waals surface area contributed by atoms with E-state index in [1.165, 1.54) is 23.7 Å². The van der Waals surface area contributed by atoms with Crippen LogP contribution in [0, 0.1) is 0 Å². The standard InChI is InChI=1S/C17H11F3N2O2S/c1-2-10-3-8-13-14(9-10)25-22-15(13)16(23)21-11-4-6-12(7-5-11)24-17(18,19)20/h2-9H,1H2,(H,21,23). The van der Waals surface area contributed by atoms with Gasteiger partial charge < -0.3 is 10.1 Å². The van der Waals surface area contributed by atoms with Crippen molar-refractivity contribution in [3.8, 4) is 5.75 Å². The van der Waals surface area contributed by atoms with Crippen LogP contribution in [-0.2, 0) is 0 Å². The first-order chi connectivity index (χ1) is 11.9. The van der Waals surface area contributed by atoms with Crippen molar-refractivity contribution in [2.45, 2.75) is 6.36 Å². The van der Waals surface area contributed by atoms with Gasteiger partial charge in [-0.1, -0.05) is 24.8 Å². The molecular formula is C17H11F3N2O2S. The predicted octanol–water partition coefficient (Wildman–Crippen LogP) is 5.09. The van der Waals surface area contributed by atoms with Crippen LogP contribution in [0.15, 0.2) is 49.0 Å². The molecule has 0 unspecified atom stereocenters. The molecule has 0 radical (unpaired) electrons. The fraction of sp³-hybridized carbons (Fsp3) is 0.0588. The maximum atomic E-state index is 12.4. The number of amides is 1. The normalized spacial score (nSPS) is 11.3. The van der Waals surface area contributed by atoms with Gasteiger partial charge in [0, 0.05) is 11.1 Å². The van der Waals surface area contributed by atoms with Crippen molar-refractivity contribution in [3.63, 3.8) is 0 Å². The molecule has 0 atom stereocenters. The Balaban J connectivity index is 1.77. The molecule has 1 amide bonds. The van der Waals surface area contributed by atoms with E-state index < -0.39 is 12.3 Å². The van der Waals surface area contributed by atoms with E-state index in [1.807, 2.05) is 12.1 Å². The Morgan fingerprint density at radius 3 is 2.56 bits per heavy atom. The van der Waals surface area contributed by atoms with E-state index in [2.05, 4.69) is 21.0 Å². The summed E-state index contributed by atoms with van der Waals surface area (Å²) in [6, 6.07) is 10.4. The molecule has 1 aromatic heterocycles. The van der Waals surface area contributed by atoms with Crippen LogP contribution in [0.25, 0.3) is 16.2 Å². The number of nitrogens with one attached hydrogen (secondary N) is 1. The summed E-state index contributed by atoms with van der Waals surface area (Å²) < 4.78 is 45.2. The minimum atomic E-state index is -4.76. The average Bonchev–Trinajstić information content (AvgIpc) is 2.98. The number of fused-ring (bicyclic) bond motifs is 1. The van der Waals surface area contributed by atoms with Gasteiger partial charge in [0.25, 0.3) is 5.91 Å². The number of hydrogen-bond acceptors (Lipinski definition) is 4. The molecule has 128 valence electrons. The van der Waals surface area contributed by atoms with Crippen LogP contribution in [0.5, 0.6) is 5.75 Å². The van der Waals surface area contributed by atoms with Crippen LogP contribution in [-0.4, -0.2) is 16.6 Å². The second kappa shape index (κ2) is 6.56. The van der Waals surface area contributed by atoms with Gasteiger partial charge >= 0.3 is 6.36 Å². The number of carbonyl (C=O) groups excluding carboxylic acids is 1. The fourth-order valence-electron chi connectivity index (χ4n) is 2.18. The van der Waals surface area contributed by atoms with E-state index in [4.69, 9.17) is 0 Å². The van der Waals surface area contributed by atoms with Gasteiger partial charge in [-0.2, -0.15) is 4.37 Å². The number of rotatable bonds is 4. The number of ether oxygens (including phenoxy) is 1. The molecule has 4 nitrogen and oxygen atoms in total. The number of alkyl halides is 3. The number of halogens is 3. The summed E-state index contributed by atoms with van der Waals surface area (Å²) in [5.74, 6) is -0.802. The highest BCUT2D eigenvalue weighted by Crippen LogP contribution is 2.26. The molecule has 0 saturated heterocycles. The van der Waals surface area contributed by atoms with Gasteiger partial charge in [0.05, 0.1) is 4.70 Å². The van der Waals surface area contributed by atoms with Gasteiger partial charge in [-0.05, 0) is 47.4 Å². The molecule has 1 N–H and O–H groups in total. The van der Waals surface area contributed by atoms with Gasteiger partial charge in [0.1, 0.15) is 11.4 Å². The average molecular weight is 364 g/mol. The molecule has 0 saturated carbocycles. The van der Waals surface area contributed by atoms with Crippen LogP contribution >= 0.6 is 11.5 Å². The van der Waals surface area contributed by atoms with Crippen molar-refractivity contribution < 1.29 is 22.7 Å². The van der Waals surface area contributed by atoms with E-state index in [9.17, 15) is 18.0 Å². The number of carbonyl (C=O) groups is 1. The maximum absolute atomic E-state index is 12.4. The highest BCUT2D eigenvalue weighted by atomic mass is 32.1. The molecule has 2 aromatic carbocycles. The van der Waals surface area contributed by atoms with E-state index in [-0.39, 0.29) is 11.4 Å². The molecular weight excluding hydrogens is 353 g/mol. The number of anilines is 1. The molecule has 0 spiro atoms. The molecule has 1 heterocycles. The van der Waals surface area contributed by atoms with Crippen LogP contribution in [0.4, 0.5) is 18.9 Å². The minimum Gasteiger partial charge on any atom is -0.406 e. The van der Waals surface area contributed by atoms with Gasteiger partial charge in [-0.3, -0.25) is 4.79 Å². The molecule has 0 aliphatic carbocycles. The Morgan fingerprint density at radius 2 is 1.92 bits per heavy atom. The van der Waals surface area contributed by atoms with Crippen molar-refractivity contribution in [3.05, 3.63) is 60.3 Å². The lowest BCUT2D eigenvalue weighted by Crippen LogP contribution is -2.17. The Kier molecular flexibility index (Phi) is 4.45. The number of nitrogens with zero attached hydrogens (tertiary/aromatic N) is 1. The van der Waals surface area contributed by atoms with Crippen molar-refractivity contribution in [2.75, 3.05) is 5.32 Å². The molecule has 0 bridgehead atoms. The van der Waals surface area contributed by atoms with Gasteiger partial charge in [-0.15, -0.1) is 13.2 Å². The molecule has 25 heavy (non-hydrogen) atoms. The predicted molar refractivity (Wildman–Crippen MR) is 90.8 cm³/mol. The SMILES string of the molecule is C=Cc1ccc2c(C(=O)Nc3ccc(OC(F)(F)F)cc3)nsc2c1. The molecule has 8 heteroatoms.